The summed E-state index contributed by atoms with van der Waals surface area (Å²) in [6.45, 7) is 5.52. The van der Waals surface area contributed by atoms with E-state index in [0.717, 1.165) is 11.3 Å². The maximum absolute atomic E-state index is 5.71. The molecule has 2 heteroatoms. The van der Waals surface area contributed by atoms with Gasteiger partial charge in [0.1, 0.15) is 0 Å². The van der Waals surface area contributed by atoms with Crippen LogP contribution < -0.4 is 11.1 Å². The van der Waals surface area contributed by atoms with E-state index in [1.54, 1.807) is 6.20 Å². The molecule has 0 fully saturated rings. The van der Waals surface area contributed by atoms with Crippen LogP contribution in [0, 0.1) is 0 Å². The Bertz CT molecular complexity index is 255. The summed E-state index contributed by atoms with van der Waals surface area (Å²) in [6, 6.07) is 0.178. The number of hydrogen-bond donors (Lipinski definition) is 2. The first kappa shape index (κ1) is 8.65. The van der Waals surface area contributed by atoms with Crippen molar-refractivity contribution in [1.29, 1.82) is 0 Å². The molecule has 0 aromatic carbocycles. The maximum atomic E-state index is 5.71. The molecule has 0 aliphatic heterocycles. The molecule has 2 nitrogen and oxygen atoms in total. The molecule has 3 N–H and O–H groups in total. The Balaban J connectivity index is 2.85. The monoisotopic (exact) mass is 162 g/mol. The molecule has 1 aliphatic rings. The van der Waals surface area contributed by atoms with E-state index >= 15 is 0 Å². The first-order valence-electron chi connectivity index (χ1n) is 3.93. The maximum Gasteiger partial charge on any atom is 0.0712 e. The van der Waals surface area contributed by atoms with Crippen molar-refractivity contribution in [2.45, 2.75) is 13.0 Å². The van der Waals surface area contributed by atoms with Crippen molar-refractivity contribution in [2.24, 2.45) is 5.73 Å². The third kappa shape index (κ3) is 1.78. The van der Waals surface area contributed by atoms with Crippen LogP contribution in [0.4, 0.5) is 0 Å². The first-order chi connectivity index (χ1) is 5.75. The normalized spacial score (nSPS) is 25.2. The molecule has 0 heterocycles. The molecule has 1 atom stereocenters. The van der Waals surface area contributed by atoms with Gasteiger partial charge in [-0.2, -0.15) is 0 Å². The minimum Gasteiger partial charge on any atom is -0.402 e. The van der Waals surface area contributed by atoms with Crippen LogP contribution in [0.25, 0.3) is 0 Å². The van der Waals surface area contributed by atoms with Crippen molar-refractivity contribution in [2.75, 3.05) is 0 Å². The Kier molecular flexibility index (Phi) is 2.75. The lowest BCUT2D eigenvalue weighted by Gasteiger charge is -2.18. The molecule has 12 heavy (non-hydrogen) atoms. The van der Waals surface area contributed by atoms with Crippen molar-refractivity contribution in [1.82, 2.24) is 5.32 Å². The van der Waals surface area contributed by atoms with Gasteiger partial charge in [-0.3, -0.25) is 0 Å². The highest BCUT2D eigenvalue weighted by molar-refractivity contribution is 5.38. The molecule has 0 bridgehead atoms. The second-order valence-electron chi connectivity index (χ2n) is 2.73. The summed E-state index contributed by atoms with van der Waals surface area (Å²) >= 11 is 0. The minimum absolute atomic E-state index is 0.178. The molecule has 1 rings (SSSR count). The number of rotatable bonds is 2. The molecule has 0 saturated carbocycles. The van der Waals surface area contributed by atoms with Crippen LogP contribution in [0.5, 0.6) is 0 Å². The lowest BCUT2D eigenvalue weighted by molar-refractivity contribution is 0.796. The van der Waals surface area contributed by atoms with Crippen LogP contribution in [-0.4, -0.2) is 6.04 Å². The average Bonchev–Trinajstić information content (AvgIpc) is 2.05. The van der Waals surface area contributed by atoms with Crippen LogP contribution in [0.3, 0.4) is 0 Å². The van der Waals surface area contributed by atoms with Gasteiger partial charge in [0, 0.05) is 5.70 Å². The fraction of sp³-hybridized carbons (Fsp3) is 0.200. The van der Waals surface area contributed by atoms with Gasteiger partial charge in [0.15, 0.2) is 0 Å². The van der Waals surface area contributed by atoms with Gasteiger partial charge in [0.05, 0.1) is 6.04 Å². The van der Waals surface area contributed by atoms with E-state index in [1.807, 2.05) is 31.2 Å². The molecule has 0 amide bonds. The zero-order chi connectivity index (χ0) is 8.97. The molecular formula is C10H14N2. The Morgan fingerprint density at radius 3 is 3.00 bits per heavy atom. The number of allylic oxidation sites excluding steroid dienone is 3. The lowest BCUT2D eigenvalue weighted by atomic mass is 10.0. The summed E-state index contributed by atoms with van der Waals surface area (Å²) in [7, 11) is 0. The number of nitrogens with one attached hydrogen (secondary N) is 1. The van der Waals surface area contributed by atoms with Gasteiger partial charge in [-0.05, 0) is 18.7 Å². The van der Waals surface area contributed by atoms with Gasteiger partial charge >= 0.3 is 0 Å². The summed E-state index contributed by atoms with van der Waals surface area (Å²) in [5, 5.41) is 3.10. The minimum atomic E-state index is 0.178. The zero-order valence-electron chi connectivity index (χ0n) is 7.25. The highest BCUT2D eigenvalue weighted by atomic mass is 14.9. The zero-order valence-corrected chi connectivity index (χ0v) is 7.25. The van der Waals surface area contributed by atoms with Crippen molar-refractivity contribution in [3.8, 4) is 0 Å². The standard InChI is InChI=1S/C10H14N2/c1-3-12-10-7-5-4-6-9(10)8(2)11/h3-7,10,12H,1,11H2,2H3/b9-8-. The van der Waals surface area contributed by atoms with Crippen LogP contribution >= 0.6 is 0 Å². The van der Waals surface area contributed by atoms with Crippen LogP contribution in [0.15, 0.2) is 48.4 Å². The van der Waals surface area contributed by atoms with Gasteiger partial charge in [-0.25, -0.2) is 0 Å². The SMILES string of the molecule is C=CNC1C=CC=C/C1=C(\C)N. The van der Waals surface area contributed by atoms with Crippen molar-refractivity contribution in [3.05, 3.63) is 48.4 Å². The van der Waals surface area contributed by atoms with E-state index in [0.29, 0.717) is 0 Å². The third-order valence-electron chi connectivity index (χ3n) is 1.78. The average molecular weight is 162 g/mol. The molecular weight excluding hydrogens is 148 g/mol. The predicted molar refractivity (Wildman–Crippen MR) is 52.3 cm³/mol. The summed E-state index contributed by atoms with van der Waals surface area (Å²) in [5.74, 6) is 0. The summed E-state index contributed by atoms with van der Waals surface area (Å²) in [4.78, 5) is 0. The predicted octanol–water partition coefficient (Wildman–Crippen LogP) is 1.45. The Morgan fingerprint density at radius 2 is 2.42 bits per heavy atom. The van der Waals surface area contributed by atoms with E-state index < -0.39 is 0 Å². The molecule has 1 unspecified atom stereocenters. The van der Waals surface area contributed by atoms with Crippen molar-refractivity contribution >= 4 is 0 Å². The molecule has 0 aromatic rings. The van der Waals surface area contributed by atoms with Gasteiger partial charge in [0.25, 0.3) is 0 Å². The van der Waals surface area contributed by atoms with Crippen LogP contribution in [0.1, 0.15) is 6.92 Å². The summed E-state index contributed by atoms with van der Waals surface area (Å²) < 4.78 is 0. The highest BCUT2D eigenvalue weighted by Gasteiger charge is 2.09. The summed E-state index contributed by atoms with van der Waals surface area (Å²) in [6.07, 6.45) is 9.71. The number of hydrogen-bond acceptors (Lipinski definition) is 2. The van der Waals surface area contributed by atoms with Crippen LogP contribution in [0.2, 0.25) is 0 Å². The highest BCUT2D eigenvalue weighted by Crippen LogP contribution is 2.13. The second kappa shape index (κ2) is 3.81. The van der Waals surface area contributed by atoms with Gasteiger partial charge < -0.3 is 11.1 Å². The quantitative estimate of drug-likeness (QED) is 0.645. The van der Waals surface area contributed by atoms with E-state index in [4.69, 9.17) is 5.73 Å². The van der Waals surface area contributed by atoms with Gasteiger partial charge in [-0.15, -0.1) is 0 Å². The Hall–Kier alpha value is -1.44. The first-order valence-corrected chi connectivity index (χ1v) is 3.93. The Labute approximate surface area is 73.1 Å². The van der Waals surface area contributed by atoms with Crippen LogP contribution in [-0.2, 0) is 0 Å². The molecule has 64 valence electrons. The Morgan fingerprint density at radius 1 is 1.67 bits per heavy atom. The second-order valence-corrected chi connectivity index (χ2v) is 2.73. The van der Waals surface area contributed by atoms with Crippen molar-refractivity contribution in [3.63, 3.8) is 0 Å². The fourth-order valence-corrected chi connectivity index (χ4v) is 1.19. The molecule has 0 spiro atoms. The fourth-order valence-electron chi connectivity index (χ4n) is 1.19. The molecule has 0 saturated heterocycles. The lowest BCUT2D eigenvalue weighted by Crippen LogP contribution is -2.26. The van der Waals surface area contributed by atoms with E-state index in [1.165, 1.54) is 0 Å². The van der Waals surface area contributed by atoms with E-state index in [-0.39, 0.29) is 6.04 Å². The smallest absolute Gasteiger partial charge is 0.0712 e. The van der Waals surface area contributed by atoms with Gasteiger partial charge in [-0.1, -0.05) is 30.9 Å². The molecule has 0 radical (unpaired) electrons. The largest absolute Gasteiger partial charge is 0.402 e. The molecule has 1 aliphatic carbocycles. The van der Waals surface area contributed by atoms with E-state index in [9.17, 15) is 0 Å². The van der Waals surface area contributed by atoms with Gasteiger partial charge in [0.2, 0.25) is 0 Å². The third-order valence-corrected chi connectivity index (χ3v) is 1.78. The van der Waals surface area contributed by atoms with Crippen molar-refractivity contribution < 1.29 is 0 Å². The summed E-state index contributed by atoms with van der Waals surface area (Å²) in [5.41, 5.74) is 7.66. The molecule has 0 aromatic heterocycles. The number of nitrogens with two attached hydrogens (primary N) is 1. The topological polar surface area (TPSA) is 38.0 Å². The van der Waals surface area contributed by atoms with E-state index in [2.05, 4.69) is 11.9 Å².